The lowest BCUT2D eigenvalue weighted by atomic mass is 10.3. The number of nitrogens with zero attached hydrogens (tertiary/aromatic N) is 3. The molecule has 0 radical (unpaired) electrons. The van der Waals surface area contributed by atoms with Crippen molar-refractivity contribution in [2.45, 2.75) is 0 Å². The predicted octanol–water partition coefficient (Wildman–Crippen LogP) is 2.55. The summed E-state index contributed by atoms with van der Waals surface area (Å²) in [7, 11) is 3.68. The summed E-state index contributed by atoms with van der Waals surface area (Å²) >= 11 is 3.16. The molecule has 132 valence electrons. The second-order valence-corrected chi connectivity index (χ2v) is 5.88. The summed E-state index contributed by atoms with van der Waals surface area (Å²) in [5.74, 6) is 0.981. The Bertz CT molecular complexity index is 803. The zero-order valence-electron chi connectivity index (χ0n) is 13.4. The maximum absolute atomic E-state index is 11.7. The average molecular weight is 411 g/mol. The van der Waals surface area contributed by atoms with E-state index in [9.17, 15) is 14.9 Å². The minimum absolute atomic E-state index is 0.0798. The van der Waals surface area contributed by atoms with Crippen molar-refractivity contribution in [2.24, 2.45) is 5.10 Å². The molecule has 1 aromatic carbocycles. The lowest BCUT2D eigenvalue weighted by Gasteiger charge is -2.07. The van der Waals surface area contributed by atoms with Crippen molar-refractivity contribution in [1.82, 2.24) is 5.43 Å². The van der Waals surface area contributed by atoms with Crippen molar-refractivity contribution in [3.8, 4) is 5.75 Å². The largest absolute Gasteiger partial charge is 0.483 e. The third-order valence-corrected chi connectivity index (χ3v) is 3.54. The number of amides is 1. The maximum atomic E-state index is 11.7. The molecule has 2 rings (SSSR count). The van der Waals surface area contributed by atoms with Crippen LogP contribution >= 0.6 is 15.9 Å². The number of furan rings is 1. The van der Waals surface area contributed by atoms with Gasteiger partial charge in [0.25, 0.3) is 11.6 Å². The number of carbonyl (C=O) groups excluding carboxylic acids is 1. The molecule has 1 heterocycles. The van der Waals surface area contributed by atoms with Gasteiger partial charge in [-0.1, -0.05) is 0 Å². The molecule has 0 aliphatic heterocycles. The summed E-state index contributed by atoms with van der Waals surface area (Å²) in [4.78, 5) is 23.6. The van der Waals surface area contributed by atoms with Crippen molar-refractivity contribution in [1.29, 1.82) is 0 Å². The Labute approximate surface area is 151 Å². The van der Waals surface area contributed by atoms with Crippen LogP contribution in [0.2, 0.25) is 0 Å². The van der Waals surface area contributed by atoms with E-state index in [1.54, 1.807) is 17.0 Å². The topological polar surface area (TPSA) is 110 Å². The van der Waals surface area contributed by atoms with Gasteiger partial charge in [-0.05, 0) is 28.1 Å². The zero-order chi connectivity index (χ0) is 18.4. The van der Waals surface area contributed by atoms with Gasteiger partial charge in [0.1, 0.15) is 11.5 Å². The molecule has 0 aliphatic rings. The molecule has 1 N–H and O–H groups in total. The van der Waals surface area contributed by atoms with E-state index in [4.69, 9.17) is 9.15 Å². The smallest absolute Gasteiger partial charge is 0.277 e. The first kappa shape index (κ1) is 18.5. The standard InChI is InChI=1S/C15H15BrN4O5/c1-19(2)15-6-4-11(25-15)8-17-18-14(21)9-24-13-5-3-10(20(22)23)7-12(13)16/h3-8H,9H2,1-2H3,(H,18,21)/b17-8+. The molecular formula is C15H15BrN4O5. The molecule has 0 aliphatic carbocycles. The number of hydrazone groups is 1. The molecule has 0 saturated heterocycles. The van der Waals surface area contributed by atoms with Gasteiger partial charge in [0.05, 0.1) is 15.6 Å². The number of benzene rings is 1. The Kier molecular flexibility index (Phi) is 6.12. The summed E-state index contributed by atoms with van der Waals surface area (Å²) in [6.45, 7) is -0.297. The maximum Gasteiger partial charge on any atom is 0.277 e. The SMILES string of the molecule is CN(C)c1ccc(/C=N/NC(=O)COc2ccc([N+](=O)[O-])cc2Br)o1. The van der Waals surface area contributed by atoms with E-state index < -0.39 is 10.8 Å². The van der Waals surface area contributed by atoms with Gasteiger partial charge in [-0.3, -0.25) is 14.9 Å². The number of halogens is 1. The van der Waals surface area contributed by atoms with Crippen LogP contribution in [0.1, 0.15) is 5.76 Å². The van der Waals surface area contributed by atoms with E-state index >= 15 is 0 Å². The molecular weight excluding hydrogens is 396 g/mol. The number of nitro benzene ring substituents is 1. The van der Waals surface area contributed by atoms with Crippen LogP contribution < -0.4 is 15.1 Å². The fourth-order valence-electron chi connectivity index (χ4n) is 1.72. The number of non-ortho nitro benzene ring substituents is 1. The molecule has 1 aromatic heterocycles. The summed E-state index contributed by atoms with van der Waals surface area (Å²) < 4.78 is 11.1. The summed E-state index contributed by atoms with van der Waals surface area (Å²) in [6, 6.07) is 7.48. The highest BCUT2D eigenvalue weighted by Crippen LogP contribution is 2.28. The number of anilines is 1. The van der Waals surface area contributed by atoms with E-state index in [2.05, 4.69) is 26.5 Å². The lowest BCUT2D eigenvalue weighted by Crippen LogP contribution is -2.24. The Morgan fingerprint density at radius 3 is 2.80 bits per heavy atom. The van der Waals surface area contributed by atoms with Gasteiger partial charge in [0.2, 0.25) is 0 Å². The fraction of sp³-hybridized carbons (Fsp3) is 0.200. The number of hydrogen-bond acceptors (Lipinski definition) is 7. The molecule has 25 heavy (non-hydrogen) atoms. The number of nitro groups is 1. The van der Waals surface area contributed by atoms with Gasteiger partial charge in [0.15, 0.2) is 12.5 Å². The second-order valence-electron chi connectivity index (χ2n) is 5.02. The van der Waals surface area contributed by atoms with Gasteiger partial charge in [0, 0.05) is 32.3 Å². The number of hydrogen-bond donors (Lipinski definition) is 1. The third kappa shape index (κ3) is 5.31. The predicted molar refractivity (Wildman–Crippen MR) is 95.1 cm³/mol. The summed E-state index contributed by atoms with van der Waals surface area (Å²) in [6.07, 6.45) is 1.37. The van der Waals surface area contributed by atoms with Crippen LogP contribution in [-0.2, 0) is 4.79 Å². The van der Waals surface area contributed by atoms with E-state index in [-0.39, 0.29) is 12.3 Å². The van der Waals surface area contributed by atoms with Crippen molar-refractivity contribution < 1.29 is 18.9 Å². The Hall–Kier alpha value is -2.88. The summed E-state index contributed by atoms with van der Waals surface area (Å²) in [5.41, 5.74) is 2.22. The highest BCUT2D eigenvalue weighted by atomic mass is 79.9. The second kappa shape index (κ2) is 8.29. The Morgan fingerprint density at radius 2 is 2.20 bits per heavy atom. The fourth-order valence-corrected chi connectivity index (χ4v) is 2.20. The first-order valence-corrected chi connectivity index (χ1v) is 7.82. The van der Waals surface area contributed by atoms with Gasteiger partial charge in [-0.15, -0.1) is 0 Å². The number of ether oxygens (including phenoxy) is 1. The van der Waals surface area contributed by atoms with Crippen molar-refractivity contribution >= 4 is 39.6 Å². The highest BCUT2D eigenvalue weighted by Gasteiger charge is 2.11. The lowest BCUT2D eigenvalue weighted by molar-refractivity contribution is -0.384. The molecule has 0 unspecified atom stereocenters. The van der Waals surface area contributed by atoms with E-state index in [0.29, 0.717) is 21.9 Å². The number of nitrogens with one attached hydrogen (secondary N) is 1. The van der Waals surface area contributed by atoms with Gasteiger partial charge in [-0.2, -0.15) is 5.10 Å². The molecule has 9 nitrogen and oxygen atoms in total. The number of rotatable bonds is 7. The molecule has 0 bridgehead atoms. The van der Waals surface area contributed by atoms with E-state index in [1.807, 2.05) is 14.1 Å². The molecule has 1 amide bonds. The molecule has 2 aromatic rings. The Morgan fingerprint density at radius 1 is 1.44 bits per heavy atom. The minimum atomic E-state index is -0.522. The average Bonchev–Trinajstić information content (AvgIpc) is 3.02. The minimum Gasteiger partial charge on any atom is -0.483 e. The van der Waals surface area contributed by atoms with Crippen molar-refractivity contribution in [3.05, 3.63) is 50.7 Å². The van der Waals surface area contributed by atoms with E-state index in [1.165, 1.54) is 24.4 Å². The van der Waals surface area contributed by atoms with Gasteiger partial charge in [-0.25, -0.2) is 5.43 Å². The third-order valence-electron chi connectivity index (χ3n) is 2.92. The van der Waals surface area contributed by atoms with Crippen molar-refractivity contribution in [2.75, 3.05) is 25.6 Å². The summed E-state index contributed by atoms with van der Waals surface area (Å²) in [5, 5.41) is 14.4. The van der Waals surface area contributed by atoms with Gasteiger partial charge < -0.3 is 14.1 Å². The molecule has 0 saturated carbocycles. The van der Waals surface area contributed by atoms with Crippen LogP contribution in [0.3, 0.4) is 0 Å². The van der Waals surface area contributed by atoms with Crippen LogP contribution in [0, 0.1) is 10.1 Å². The molecule has 0 atom stereocenters. The van der Waals surface area contributed by atoms with E-state index in [0.717, 1.165) is 0 Å². The van der Waals surface area contributed by atoms with Crippen LogP contribution in [0.5, 0.6) is 5.75 Å². The zero-order valence-corrected chi connectivity index (χ0v) is 15.0. The quantitative estimate of drug-likeness (QED) is 0.426. The van der Waals surface area contributed by atoms with Crippen LogP contribution in [-0.4, -0.2) is 37.7 Å². The van der Waals surface area contributed by atoms with Crippen LogP contribution in [0.15, 0.2) is 44.3 Å². The van der Waals surface area contributed by atoms with Crippen LogP contribution in [0.25, 0.3) is 0 Å². The highest BCUT2D eigenvalue weighted by molar-refractivity contribution is 9.10. The first-order valence-electron chi connectivity index (χ1n) is 7.02. The Balaban J connectivity index is 1.84. The normalized spacial score (nSPS) is 10.7. The monoisotopic (exact) mass is 410 g/mol. The molecule has 0 fully saturated rings. The molecule has 0 spiro atoms. The first-order chi connectivity index (χ1) is 11.9. The number of carbonyl (C=O) groups is 1. The van der Waals surface area contributed by atoms with Crippen LogP contribution in [0.4, 0.5) is 11.6 Å². The van der Waals surface area contributed by atoms with Crippen molar-refractivity contribution in [3.63, 3.8) is 0 Å². The van der Waals surface area contributed by atoms with Gasteiger partial charge >= 0.3 is 0 Å². The molecule has 10 heteroatoms.